The molecule has 1 N–H and O–H groups in total. The standard InChI is InChI=1S/C17H15NO4S/c1-21-11-4-5-13-14(10-16(19)22-15(13)9-11)17(20)18-7-6-12-3-2-8-23-12/h2-5,8-10H,6-7H2,1H3,(H,18,20). The molecular formula is C17H15NO4S. The van der Waals surface area contributed by atoms with Crippen LogP contribution in [0.2, 0.25) is 0 Å². The topological polar surface area (TPSA) is 68.5 Å². The highest BCUT2D eigenvalue weighted by molar-refractivity contribution is 7.09. The van der Waals surface area contributed by atoms with E-state index in [-0.39, 0.29) is 5.91 Å². The average Bonchev–Trinajstić information content (AvgIpc) is 3.06. The minimum Gasteiger partial charge on any atom is -0.497 e. The van der Waals surface area contributed by atoms with Crippen LogP contribution < -0.4 is 15.7 Å². The van der Waals surface area contributed by atoms with E-state index in [1.807, 2.05) is 17.5 Å². The molecule has 0 spiro atoms. The number of carbonyl (C=O) groups excluding carboxylic acids is 1. The van der Waals surface area contributed by atoms with Gasteiger partial charge in [-0.25, -0.2) is 4.79 Å². The maximum atomic E-state index is 12.4. The minimum atomic E-state index is -0.561. The Morgan fingerprint density at radius 2 is 2.17 bits per heavy atom. The summed E-state index contributed by atoms with van der Waals surface area (Å²) in [6, 6.07) is 10.3. The summed E-state index contributed by atoms with van der Waals surface area (Å²) in [6.45, 7) is 0.511. The van der Waals surface area contributed by atoms with Crippen molar-refractivity contribution in [2.45, 2.75) is 6.42 Å². The molecule has 0 fully saturated rings. The summed E-state index contributed by atoms with van der Waals surface area (Å²) in [5.74, 6) is 0.278. The molecule has 0 aliphatic carbocycles. The summed E-state index contributed by atoms with van der Waals surface area (Å²) >= 11 is 1.65. The lowest BCUT2D eigenvalue weighted by atomic mass is 10.1. The highest BCUT2D eigenvalue weighted by Gasteiger charge is 2.13. The normalized spacial score (nSPS) is 10.7. The molecule has 0 unspecified atom stereocenters. The zero-order chi connectivity index (χ0) is 16.2. The van der Waals surface area contributed by atoms with Crippen LogP contribution >= 0.6 is 11.3 Å². The summed E-state index contributed by atoms with van der Waals surface area (Å²) in [5, 5.41) is 5.42. The second kappa shape index (κ2) is 6.66. The fraction of sp³-hybridized carbons (Fsp3) is 0.176. The van der Waals surface area contributed by atoms with Crippen molar-refractivity contribution >= 4 is 28.2 Å². The van der Waals surface area contributed by atoms with E-state index in [0.29, 0.717) is 28.8 Å². The highest BCUT2D eigenvalue weighted by Crippen LogP contribution is 2.22. The van der Waals surface area contributed by atoms with E-state index in [9.17, 15) is 9.59 Å². The molecule has 0 bridgehead atoms. The Kier molecular flexibility index (Phi) is 4.43. The molecule has 1 amide bonds. The van der Waals surface area contributed by atoms with Gasteiger partial charge in [0.15, 0.2) is 0 Å². The Hall–Kier alpha value is -2.60. The number of amides is 1. The second-order valence-corrected chi connectivity index (χ2v) is 5.96. The van der Waals surface area contributed by atoms with Crippen LogP contribution in [0.25, 0.3) is 11.0 Å². The van der Waals surface area contributed by atoms with E-state index in [1.54, 1.807) is 29.5 Å². The average molecular weight is 329 g/mol. The maximum Gasteiger partial charge on any atom is 0.337 e. The summed E-state index contributed by atoms with van der Waals surface area (Å²) in [7, 11) is 1.53. The molecule has 6 heteroatoms. The number of hydrogen-bond donors (Lipinski definition) is 1. The minimum absolute atomic E-state index is 0.287. The van der Waals surface area contributed by atoms with Crippen molar-refractivity contribution in [2.24, 2.45) is 0 Å². The predicted octanol–water partition coefficient (Wildman–Crippen LogP) is 2.84. The zero-order valence-corrected chi connectivity index (χ0v) is 13.3. The lowest BCUT2D eigenvalue weighted by molar-refractivity contribution is 0.0955. The van der Waals surface area contributed by atoms with Crippen LogP contribution in [0, 0.1) is 0 Å². The monoisotopic (exact) mass is 329 g/mol. The maximum absolute atomic E-state index is 12.4. The van der Waals surface area contributed by atoms with Crippen LogP contribution in [0.15, 0.2) is 51.0 Å². The zero-order valence-electron chi connectivity index (χ0n) is 12.5. The van der Waals surface area contributed by atoms with Crippen molar-refractivity contribution < 1.29 is 13.9 Å². The third-order valence-electron chi connectivity index (χ3n) is 3.43. The van der Waals surface area contributed by atoms with Crippen LogP contribution in [0.4, 0.5) is 0 Å². The fourth-order valence-electron chi connectivity index (χ4n) is 2.31. The molecular weight excluding hydrogens is 314 g/mol. The number of methoxy groups -OCH3 is 1. The van der Waals surface area contributed by atoms with Crippen LogP contribution in [-0.4, -0.2) is 19.6 Å². The number of fused-ring (bicyclic) bond motifs is 1. The van der Waals surface area contributed by atoms with E-state index < -0.39 is 5.63 Å². The number of carbonyl (C=O) groups is 1. The number of ether oxygens (including phenoxy) is 1. The van der Waals surface area contributed by atoms with Gasteiger partial charge in [-0.1, -0.05) is 6.07 Å². The first kappa shape index (κ1) is 15.3. The third kappa shape index (κ3) is 3.43. The summed E-state index contributed by atoms with van der Waals surface area (Å²) in [5.41, 5.74) is 0.0829. The van der Waals surface area contributed by atoms with Crippen molar-refractivity contribution in [1.29, 1.82) is 0 Å². The van der Waals surface area contributed by atoms with Crippen LogP contribution in [-0.2, 0) is 6.42 Å². The molecule has 3 aromatic rings. The largest absolute Gasteiger partial charge is 0.497 e. The van der Waals surface area contributed by atoms with Crippen LogP contribution in [0.1, 0.15) is 15.2 Å². The third-order valence-corrected chi connectivity index (χ3v) is 4.37. The van der Waals surface area contributed by atoms with Gasteiger partial charge in [-0.15, -0.1) is 11.3 Å². The van der Waals surface area contributed by atoms with Gasteiger partial charge in [-0.2, -0.15) is 0 Å². The number of thiophene rings is 1. The molecule has 0 aliphatic heterocycles. The van der Waals surface area contributed by atoms with Crippen molar-refractivity contribution in [2.75, 3.05) is 13.7 Å². The van der Waals surface area contributed by atoms with Crippen molar-refractivity contribution in [3.63, 3.8) is 0 Å². The molecule has 0 saturated heterocycles. The Morgan fingerprint density at radius 3 is 2.91 bits per heavy atom. The predicted molar refractivity (Wildman–Crippen MR) is 89.4 cm³/mol. The summed E-state index contributed by atoms with van der Waals surface area (Å²) in [6.07, 6.45) is 0.761. The summed E-state index contributed by atoms with van der Waals surface area (Å²) < 4.78 is 10.3. The highest BCUT2D eigenvalue weighted by atomic mass is 32.1. The van der Waals surface area contributed by atoms with Gasteiger partial charge in [0.05, 0.1) is 12.7 Å². The first-order chi connectivity index (χ1) is 11.2. The van der Waals surface area contributed by atoms with Gasteiger partial charge in [0, 0.05) is 28.9 Å². The number of benzene rings is 1. The SMILES string of the molecule is COc1ccc2c(C(=O)NCCc3cccs3)cc(=O)oc2c1. The Labute approximate surface area is 136 Å². The number of hydrogen-bond acceptors (Lipinski definition) is 5. The summed E-state index contributed by atoms with van der Waals surface area (Å²) in [4.78, 5) is 25.3. The first-order valence-electron chi connectivity index (χ1n) is 7.10. The Bertz CT molecular complexity index is 883. The van der Waals surface area contributed by atoms with Crippen molar-refractivity contribution in [3.8, 4) is 5.75 Å². The van der Waals surface area contributed by atoms with Gasteiger partial charge in [0.25, 0.3) is 5.91 Å². The van der Waals surface area contributed by atoms with Gasteiger partial charge >= 0.3 is 5.63 Å². The Balaban J connectivity index is 1.83. The molecule has 118 valence electrons. The fourth-order valence-corrected chi connectivity index (χ4v) is 3.02. The lowest BCUT2D eigenvalue weighted by Crippen LogP contribution is -2.26. The first-order valence-corrected chi connectivity index (χ1v) is 7.98. The smallest absolute Gasteiger partial charge is 0.337 e. The number of rotatable bonds is 5. The van der Waals surface area contributed by atoms with E-state index in [0.717, 1.165) is 6.42 Å². The Morgan fingerprint density at radius 1 is 1.30 bits per heavy atom. The molecule has 0 radical (unpaired) electrons. The molecule has 23 heavy (non-hydrogen) atoms. The van der Waals surface area contributed by atoms with Gasteiger partial charge in [-0.3, -0.25) is 4.79 Å². The van der Waals surface area contributed by atoms with E-state index >= 15 is 0 Å². The van der Waals surface area contributed by atoms with Crippen molar-refractivity contribution in [1.82, 2.24) is 5.32 Å². The molecule has 0 saturated carbocycles. The van der Waals surface area contributed by atoms with E-state index in [2.05, 4.69) is 5.32 Å². The lowest BCUT2D eigenvalue weighted by Gasteiger charge is -2.08. The van der Waals surface area contributed by atoms with E-state index in [1.165, 1.54) is 18.1 Å². The number of nitrogens with one attached hydrogen (secondary N) is 1. The van der Waals surface area contributed by atoms with Crippen LogP contribution in [0.5, 0.6) is 5.75 Å². The molecule has 0 atom stereocenters. The molecule has 0 aliphatic rings. The van der Waals surface area contributed by atoms with Gasteiger partial charge in [0.2, 0.25) is 0 Å². The molecule has 5 nitrogen and oxygen atoms in total. The van der Waals surface area contributed by atoms with Crippen molar-refractivity contribution in [3.05, 3.63) is 62.6 Å². The quantitative estimate of drug-likeness (QED) is 0.731. The van der Waals surface area contributed by atoms with Gasteiger partial charge < -0.3 is 14.5 Å². The second-order valence-electron chi connectivity index (χ2n) is 4.93. The van der Waals surface area contributed by atoms with Crippen LogP contribution in [0.3, 0.4) is 0 Å². The van der Waals surface area contributed by atoms with Gasteiger partial charge in [-0.05, 0) is 30.0 Å². The molecule has 3 rings (SSSR count). The molecule has 1 aromatic carbocycles. The van der Waals surface area contributed by atoms with E-state index in [4.69, 9.17) is 9.15 Å². The van der Waals surface area contributed by atoms with Gasteiger partial charge in [0.1, 0.15) is 11.3 Å². The molecule has 2 heterocycles. The molecule has 2 aromatic heterocycles.